The van der Waals surface area contributed by atoms with Crippen molar-refractivity contribution in [1.29, 1.82) is 0 Å². The van der Waals surface area contributed by atoms with Crippen LogP contribution in [0.2, 0.25) is 0 Å². The molecule has 0 atom stereocenters. The minimum Gasteiger partial charge on any atom is -0.494 e. The lowest BCUT2D eigenvalue weighted by Crippen LogP contribution is -1.96. The Bertz CT molecular complexity index is 780. The van der Waals surface area contributed by atoms with Gasteiger partial charge in [0.25, 0.3) is 0 Å². The molecule has 0 saturated heterocycles. The Morgan fingerprint density at radius 2 is 1.27 bits per heavy atom. The number of rotatable bonds is 12. The van der Waals surface area contributed by atoms with E-state index in [1.54, 1.807) is 0 Å². The lowest BCUT2D eigenvalue weighted by atomic mass is 10.0. The Labute approximate surface area is 181 Å². The maximum atomic E-state index is 5.79. The third kappa shape index (κ3) is 6.69. The van der Waals surface area contributed by atoms with Gasteiger partial charge in [0, 0.05) is 23.5 Å². The van der Waals surface area contributed by atoms with Crippen molar-refractivity contribution in [3.63, 3.8) is 0 Å². The Morgan fingerprint density at radius 3 is 1.93 bits per heavy atom. The van der Waals surface area contributed by atoms with Crippen LogP contribution in [0.3, 0.4) is 0 Å². The maximum Gasteiger partial charge on any atom is 0.159 e. The highest BCUT2D eigenvalue weighted by Gasteiger charge is 2.04. The summed E-state index contributed by atoms with van der Waals surface area (Å²) >= 11 is 0. The predicted molar refractivity (Wildman–Crippen MR) is 126 cm³/mol. The number of nitrogens with zero attached hydrogens (tertiary/aromatic N) is 2. The minimum absolute atomic E-state index is 0.771. The average Bonchev–Trinajstić information content (AvgIpc) is 2.81. The predicted octanol–water partition coefficient (Wildman–Crippen LogP) is 7.50. The van der Waals surface area contributed by atoms with Crippen molar-refractivity contribution >= 4 is 0 Å². The largest absolute Gasteiger partial charge is 0.494 e. The summed E-state index contributed by atoms with van der Waals surface area (Å²) in [5.74, 6) is 1.69. The molecule has 3 nitrogen and oxygen atoms in total. The van der Waals surface area contributed by atoms with Crippen molar-refractivity contribution in [1.82, 2.24) is 9.97 Å². The number of aromatic nitrogens is 2. The first-order chi connectivity index (χ1) is 14.8. The van der Waals surface area contributed by atoms with Gasteiger partial charge >= 0.3 is 0 Å². The summed E-state index contributed by atoms with van der Waals surface area (Å²) in [6, 6.07) is 16.9. The van der Waals surface area contributed by atoms with Crippen molar-refractivity contribution in [2.24, 2.45) is 0 Å². The zero-order valence-corrected chi connectivity index (χ0v) is 18.4. The highest BCUT2D eigenvalue weighted by atomic mass is 16.5. The molecule has 1 aromatic heterocycles. The van der Waals surface area contributed by atoms with E-state index in [0.29, 0.717) is 0 Å². The van der Waals surface area contributed by atoms with Crippen LogP contribution in [0.25, 0.3) is 22.5 Å². The fourth-order valence-corrected chi connectivity index (χ4v) is 3.49. The lowest BCUT2D eigenvalue weighted by Gasteiger charge is -2.08. The number of hydrogen-bond acceptors (Lipinski definition) is 3. The molecule has 0 amide bonds. The normalized spacial score (nSPS) is 10.9. The molecule has 0 aliphatic carbocycles. The van der Waals surface area contributed by atoms with E-state index < -0.39 is 0 Å². The second kappa shape index (κ2) is 12.1. The van der Waals surface area contributed by atoms with Crippen molar-refractivity contribution in [2.75, 3.05) is 6.61 Å². The first-order valence-electron chi connectivity index (χ1n) is 11.4. The number of benzene rings is 2. The molecule has 0 spiro atoms. The van der Waals surface area contributed by atoms with Gasteiger partial charge in [-0.15, -0.1) is 0 Å². The molecular formula is C27H34N2O. The summed E-state index contributed by atoms with van der Waals surface area (Å²) in [5, 5.41) is 0. The molecule has 158 valence electrons. The van der Waals surface area contributed by atoms with Crippen LogP contribution in [-0.2, 0) is 6.42 Å². The van der Waals surface area contributed by atoms with Crippen LogP contribution in [0.5, 0.6) is 5.75 Å². The van der Waals surface area contributed by atoms with Crippen molar-refractivity contribution in [2.45, 2.75) is 65.2 Å². The van der Waals surface area contributed by atoms with Crippen molar-refractivity contribution < 1.29 is 4.74 Å². The molecule has 0 fully saturated rings. The Hall–Kier alpha value is -2.68. The number of ether oxygens (including phenoxy) is 1. The van der Waals surface area contributed by atoms with Crippen LogP contribution in [0.15, 0.2) is 60.9 Å². The van der Waals surface area contributed by atoms with E-state index in [9.17, 15) is 0 Å². The summed E-state index contributed by atoms with van der Waals surface area (Å²) in [6.45, 7) is 5.23. The summed E-state index contributed by atoms with van der Waals surface area (Å²) in [7, 11) is 0. The maximum absolute atomic E-state index is 5.79. The van der Waals surface area contributed by atoms with Gasteiger partial charge in [-0.05, 0) is 42.5 Å². The molecule has 0 unspecified atom stereocenters. The highest BCUT2D eigenvalue weighted by molar-refractivity contribution is 5.64. The van der Waals surface area contributed by atoms with Gasteiger partial charge in [0.1, 0.15) is 5.75 Å². The first kappa shape index (κ1) is 22.0. The van der Waals surface area contributed by atoms with Gasteiger partial charge in [-0.3, -0.25) is 0 Å². The molecule has 0 aliphatic rings. The highest BCUT2D eigenvalue weighted by Crippen LogP contribution is 2.23. The van der Waals surface area contributed by atoms with Crippen LogP contribution in [0.4, 0.5) is 0 Å². The van der Waals surface area contributed by atoms with Crippen LogP contribution < -0.4 is 4.74 Å². The molecule has 0 N–H and O–H groups in total. The van der Waals surface area contributed by atoms with E-state index in [4.69, 9.17) is 4.74 Å². The third-order valence-corrected chi connectivity index (χ3v) is 5.39. The smallest absolute Gasteiger partial charge is 0.159 e. The van der Waals surface area contributed by atoms with Gasteiger partial charge in [-0.25, -0.2) is 9.97 Å². The Kier molecular flexibility index (Phi) is 8.89. The van der Waals surface area contributed by atoms with E-state index in [0.717, 1.165) is 47.7 Å². The van der Waals surface area contributed by atoms with Crippen LogP contribution in [0.1, 0.15) is 64.4 Å². The van der Waals surface area contributed by atoms with Crippen molar-refractivity contribution in [3.05, 3.63) is 66.5 Å². The molecule has 0 bridgehead atoms. The second-order valence-electron chi connectivity index (χ2n) is 7.88. The van der Waals surface area contributed by atoms with Gasteiger partial charge in [-0.2, -0.15) is 0 Å². The summed E-state index contributed by atoms with van der Waals surface area (Å²) in [4.78, 5) is 9.18. The zero-order chi connectivity index (χ0) is 21.0. The monoisotopic (exact) mass is 402 g/mol. The van der Waals surface area contributed by atoms with Gasteiger partial charge in [0.15, 0.2) is 5.82 Å². The SMILES string of the molecule is CCCCCCc1ccc(-c2ncc(-c3ccc(OCCCCC)cc3)cn2)cc1. The second-order valence-corrected chi connectivity index (χ2v) is 7.88. The molecule has 1 heterocycles. The summed E-state index contributed by atoms with van der Waals surface area (Å²) < 4.78 is 5.79. The van der Waals surface area contributed by atoms with Gasteiger partial charge in [0.2, 0.25) is 0 Å². The molecule has 0 saturated carbocycles. The molecule has 3 heteroatoms. The van der Waals surface area contributed by atoms with E-state index in [1.165, 1.54) is 44.1 Å². The summed E-state index contributed by atoms with van der Waals surface area (Å²) in [5.41, 5.74) is 4.58. The van der Waals surface area contributed by atoms with E-state index >= 15 is 0 Å². The molecule has 3 rings (SSSR count). The van der Waals surface area contributed by atoms with Gasteiger partial charge < -0.3 is 4.74 Å². The Morgan fingerprint density at radius 1 is 0.633 bits per heavy atom. The molecule has 0 aliphatic heterocycles. The molecule has 0 radical (unpaired) electrons. The first-order valence-corrected chi connectivity index (χ1v) is 11.4. The number of unbranched alkanes of at least 4 members (excludes halogenated alkanes) is 5. The van der Waals surface area contributed by atoms with E-state index in [2.05, 4.69) is 60.2 Å². The molecule has 2 aromatic carbocycles. The van der Waals surface area contributed by atoms with Crippen LogP contribution >= 0.6 is 0 Å². The van der Waals surface area contributed by atoms with E-state index in [1.807, 2.05) is 24.5 Å². The fraction of sp³-hybridized carbons (Fsp3) is 0.407. The minimum atomic E-state index is 0.771. The lowest BCUT2D eigenvalue weighted by molar-refractivity contribution is 0.306. The quantitative estimate of drug-likeness (QED) is 0.294. The van der Waals surface area contributed by atoms with Crippen molar-refractivity contribution in [3.8, 4) is 28.3 Å². The number of hydrogen-bond donors (Lipinski definition) is 0. The molecule has 30 heavy (non-hydrogen) atoms. The molecule has 3 aromatic rings. The standard InChI is InChI=1S/C27H34N2O/c1-3-5-7-8-10-22-11-13-24(14-12-22)27-28-20-25(21-29-27)23-15-17-26(18-16-23)30-19-9-6-4-2/h11-18,20-21H,3-10,19H2,1-2H3. The van der Waals surface area contributed by atoms with Gasteiger partial charge in [-0.1, -0.05) is 82.3 Å². The summed E-state index contributed by atoms with van der Waals surface area (Å²) in [6.07, 6.45) is 13.7. The Balaban J connectivity index is 1.56. The topological polar surface area (TPSA) is 35.0 Å². The average molecular weight is 403 g/mol. The fourth-order valence-electron chi connectivity index (χ4n) is 3.49. The van der Waals surface area contributed by atoms with Gasteiger partial charge in [0.05, 0.1) is 6.61 Å². The van der Waals surface area contributed by atoms with E-state index in [-0.39, 0.29) is 0 Å². The zero-order valence-electron chi connectivity index (χ0n) is 18.4. The van der Waals surface area contributed by atoms with Crippen LogP contribution in [0, 0.1) is 0 Å². The third-order valence-electron chi connectivity index (χ3n) is 5.39. The van der Waals surface area contributed by atoms with Crippen LogP contribution in [-0.4, -0.2) is 16.6 Å². The molecular weight excluding hydrogens is 368 g/mol. The number of aryl methyl sites for hydroxylation is 1.